The maximum Gasteiger partial charge on any atom is 0.254 e. The third-order valence-electron chi connectivity index (χ3n) is 7.22. The van der Waals surface area contributed by atoms with E-state index in [4.69, 9.17) is 11.6 Å². The van der Waals surface area contributed by atoms with Crippen LogP contribution in [0.25, 0.3) is 0 Å². The number of aliphatic hydroxyl groups excluding tert-OH is 1. The Bertz CT molecular complexity index is 1140. The zero-order valence-electron chi connectivity index (χ0n) is 19.9. The number of hydrogen-bond donors (Lipinski definition) is 1. The van der Waals surface area contributed by atoms with Gasteiger partial charge in [-0.3, -0.25) is 9.69 Å². The highest BCUT2D eigenvalue weighted by Crippen LogP contribution is 2.25. The lowest BCUT2D eigenvalue weighted by Crippen LogP contribution is -2.45. The Balaban J connectivity index is 1.25. The summed E-state index contributed by atoms with van der Waals surface area (Å²) < 4.78 is 0. The molecule has 2 fully saturated rings. The van der Waals surface area contributed by atoms with E-state index >= 15 is 0 Å². The number of nitrogens with zero attached hydrogens (tertiary/aromatic N) is 3. The van der Waals surface area contributed by atoms with Crippen LogP contribution >= 0.6 is 11.6 Å². The maximum atomic E-state index is 13.5. The molecule has 1 N–H and O–H groups in total. The first-order chi connectivity index (χ1) is 17.1. The zero-order chi connectivity index (χ0) is 24.2. The van der Waals surface area contributed by atoms with Crippen LogP contribution in [-0.2, 0) is 6.42 Å². The number of carbonyl (C=O) groups is 1. The molecule has 182 valence electrons. The van der Waals surface area contributed by atoms with E-state index in [1.165, 1.54) is 11.3 Å². The Kier molecular flexibility index (Phi) is 7.37. The first-order valence-electron chi connectivity index (χ1n) is 12.4. The van der Waals surface area contributed by atoms with Crippen molar-refractivity contribution in [1.82, 2.24) is 9.80 Å². The van der Waals surface area contributed by atoms with Crippen LogP contribution in [0.1, 0.15) is 27.9 Å². The minimum Gasteiger partial charge on any atom is -0.390 e. The lowest BCUT2D eigenvalue weighted by Gasteiger charge is -2.29. The number of β-amino-alcohol motifs (C(OH)–C–C–N with tert-alkyl or cyclic N) is 1. The van der Waals surface area contributed by atoms with Gasteiger partial charge in [-0.05, 0) is 54.3 Å². The van der Waals surface area contributed by atoms with E-state index in [0.717, 1.165) is 55.2 Å². The predicted octanol–water partition coefficient (Wildman–Crippen LogP) is 4.33. The molecule has 5 nitrogen and oxygen atoms in total. The molecule has 2 atom stereocenters. The van der Waals surface area contributed by atoms with Gasteiger partial charge in [0.1, 0.15) is 0 Å². The minimum atomic E-state index is -0.540. The van der Waals surface area contributed by atoms with Crippen molar-refractivity contribution >= 4 is 23.2 Å². The topological polar surface area (TPSA) is 47.0 Å². The molecule has 5 rings (SSSR count). The highest BCUT2D eigenvalue weighted by Gasteiger charge is 2.38. The number of hydrogen-bond acceptors (Lipinski definition) is 4. The molecule has 0 aromatic heterocycles. The number of aliphatic hydroxyl groups is 1. The van der Waals surface area contributed by atoms with Crippen LogP contribution in [0.4, 0.5) is 5.69 Å². The Hall–Kier alpha value is -2.86. The standard InChI is InChI=1S/C29H32ClN3O2/c30-24-11-13-25(14-12-24)31-15-6-16-32(18-17-31)27-20-33(21-28(27)34)29(35)26-10-5-4-9-23(26)19-22-7-2-1-3-8-22/h1-5,7-14,27-28,34H,6,15-21H2/t27-,28-/m0/s1. The van der Waals surface area contributed by atoms with Gasteiger partial charge in [-0.2, -0.15) is 0 Å². The average Bonchev–Trinajstić information content (AvgIpc) is 3.10. The van der Waals surface area contributed by atoms with Crippen molar-refractivity contribution < 1.29 is 9.90 Å². The largest absolute Gasteiger partial charge is 0.390 e. The highest BCUT2D eigenvalue weighted by atomic mass is 35.5. The van der Waals surface area contributed by atoms with Gasteiger partial charge in [0.2, 0.25) is 0 Å². The van der Waals surface area contributed by atoms with Gasteiger partial charge < -0.3 is 14.9 Å². The van der Waals surface area contributed by atoms with Crippen molar-refractivity contribution in [2.75, 3.05) is 44.2 Å². The molecule has 0 saturated carbocycles. The highest BCUT2D eigenvalue weighted by molar-refractivity contribution is 6.30. The lowest BCUT2D eigenvalue weighted by molar-refractivity contribution is 0.0760. The first-order valence-corrected chi connectivity index (χ1v) is 12.8. The molecular weight excluding hydrogens is 458 g/mol. The summed E-state index contributed by atoms with van der Waals surface area (Å²) in [7, 11) is 0. The number of anilines is 1. The Labute approximate surface area is 212 Å². The number of halogens is 1. The molecule has 2 aliphatic rings. The molecule has 0 spiro atoms. The van der Waals surface area contributed by atoms with Gasteiger partial charge >= 0.3 is 0 Å². The minimum absolute atomic E-state index is 0.00990. The van der Waals surface area contributed by atoms with E-state index < -0.39 is 6.10 Å². The van der Waals surface area contributed by atoms with E-state index in [1.807, 2.05) is 59.5 Å². The Morgan fingerprint density at radius 2 is 1.60 bits per heavy atom. The van der Waals surface area contributed by atoms with E-state index in [2.05, 4.69) is 34.1 Å². The summed E-state index contributed by atoms with van der Waals surface area (Å²) in [5, 5.41) is 11.7. The molecule has 0 unspecified atom stereocenters. The van der Waals surface area contributed by atoms with E-state index in [0.29, 0.717) is 13.1 Å². The molecule has 6 heteroatoms. The Morgan fingerprint density at radius 1 is 0.857 bits per heavy atom. The van der Waals surface area contributed by atoms with Crippen LogP contribution in [0.3, 0.4) is 0 Å². The van der Waals surface area contributed by atoms with Crippen LogP contribution in [0.15, 0.2) is 78.9 Å². The van der Waals surface area contributed by atoms with Crippen molar-refractivity contribution in [3.8, 4) is 0 Å². The summed E-state index contributed by atoms with van der Waals surface area (Å²) in [5.74, 6) is 0.00990. The second-order valence-corrected chi connectivity index (χ2v) is 9.95. The molecule has 0 bridgehead atoms. The fourth-order valence-electron chi connectivity index (χ4n) is 5.34. The van der Waals surface area contributed by atoms with Crippen LogP contribution in [0.2, 0.25) is 5.02 Å². The summed E-state index contributed by atoms with van der Waals surface area (Å²) in [5.41, 5.74) is 4.11. The normalized spacial score (nSPS) is 21.2. The third kappa shape index (κ3) is 5.53. The van der Waals surface area contributed by atoms with Gasteiger partial charge in [-0.25, -0.2) is 0 Å². The number of rotatable bonds is 5. The second kappa shape index (κ2) is 10.8. The molecule has 1 amide bonds. The smallest absolute Gasteiger partial charge is 0.254 e. The third-order valence-corrected chi connectivity index (χ3v) is 7.47. The van der Waals surface area contributed by atoms with Crippen molar-refractivity contribution in [2.24, 2.45) is 0 Å². The van der Waals surface area contributed by atoms with Gasteiger partial charge in [-0.15, -0.1) is 0 Å². The van der Waals surface area contributed by atoms with Crippen molar-refractivity contribution in [3.63, 3.8) is 0 Å². The first kappa shape index (κ1) is 23.9. The fourth-order valence-corrected chi connectivity index (χ4v) is 5.47. The van der Waals surface area contributed by atoms with Gasteiger partial charge in [0, 0.05) is 55.5 Å². The lowest BCUT2D eigenvalue weighted by atomic mass is 9.99. The van der Waals surface area contributed by atoms with Gasteiger partial charge in [-0.1, -0.05) is 60.1 Å². The second-order valence-electron chi connectivity index (χ2n) is 9.52. The molecule has 35 heavy (non-hydrogen) atoms. The van der Waals surface area contributed by atoms with Crippen LogP contribution < -0.4 is 4.90 Å². The number of likely N-dealkylation sites (tertiary alicyclic amines) is 1. The molecule has 2 aliphatic heterocycles. The molecule has 2 saturated heterocycles. The fraction of sp³-hybridized carbons (Fsp3) is 0.345. The Morgan fingerprint density at radius 3 is 2.40 bits per heavy atom. The maximum absolute atomic E-state index is 13.5. The zero-order valence-corrected chi connectivity index (χ0v) is 20.6. The van der Waals surface area contributed by atoms with E-state index in [1.54, 1.807) is 0 Å². The molecule has 3 aromatic rings. The van der Waals surface area contributed by atoms with Crippen molar-refractivity contribution in [2.45, 2.75) is 25.0 Å². The van der Waals surface area contributed by atoms with E-state index in [-0.39, 0.29) is 11.9 Å². The summed E-state index contributed by atoms with van der Waals surface area (Å²) in [6.45, 7) is 4.56. The summed E-state index contributed by atoms with van der Waals surface area (Å²) in [4.78, 5) is 20.1. The summed E-state index contributed by atoms with van der Waals surface area (Å²) in [6, 6.07) is 26.0. The summed E-state index contributed by atoms with van der Waals surface area (Å²) in [6.07, 6.45) is 1.19. The van der Waals surface area contributed by atoms with Gasteiger partial charge in [0.25, 0.3) is 5.91 Å². The quantitative estimate of drug-likeness (QED) is 0.579. The van der Waals surface area contributed by atoms with E-state index in [9.17, 15) is 9.90 Å². The van der Waals surface area contributed by atoms with Crippen molar-refractivity contribution in [1.29, 1.82) is 0 Å². The predicted molar refractivity (Wildman–Crippen MR) is 141 cm³/mol. The van der Waals surface area contributed by atoms with Gasteiger partial charge in [0.05, 0.1) is 12.1 Å². The molecule has 0 aliphatic carbocycles. The SMILES string of the molecule is O=C(c1ccccc1Cc1ccccc1)N1C[C@H](O)[C@@H](N2CCCN(c3ccc(Cl)cc3)CC2)C1. The number of amides is 1. The van der Waals surface area contributed by atoms with Crippen LogP contribution in [0, 0.1) is 0 Å². The summed E-state index contributed by atoms with van der Waals surface area (Å²) >= 11 is 6.06. The monoisotopic (exact) mass is 489 g/mol. The molecular formula is C29H32ClN3O2. The molecule has 0 radical (unpaired) electrons. The van der Waals surface area contributed by atoms with Crippen LogP contribution in [0.5, 0.6) is 0 Å². The van der Waals surface area contributed by atoms with Crippen LogP contribution in [-0.4, -0.2) is 72.2 Å². The van der Waals surface area contributed by atoms with Gasteiger partial charge in [0.15, 0.2) is 0 Å². The number of carbonyl (C=O) groups excluding carboxylic acids is 1. The number of benzene rings is 3. The average molecular weight is 490 g/mol. The molecule has 2 heterocycles. The molecule has 3 aromatic carbocycles. The van der Waals surface area contributed by atoms with Crippen molar-refractivity contribution in [3.05, 3.63) is 101 Å².